The fraction of sp³-hybridized carbons (Fsp3) is 0.0870. The second kappa shape index (κ2) is 11.1. The van der Waals surface area contributed by atoms with Gasteiger partial charge in [0.05, 0.1) is 6.21 Å². The van der Waals surface area contributed by atoms with Crippen molar-refractivity contribution in [2.75, 3.05) is 5.32 Å². The first-order valence-corrected chi connectivity index (χ1v) is 10.9. The molecule has 0 bridgehead atoms. The highest BCUT2D eigenvalue weighted by Gasteiger charge is 2.13. The molecule has 164 valence electrons. The van der Waals surface area contributed by atoms with Crippen LogP contribution < -0.4 is 15.5 Å². The van der Waals surface area contributed by atoms with Crippen LogP contribution in [0.4, 0.5) is 5.69 Å². The number of hydrogen-bond donors (Lipinski definition) is 2. The van der Waals surface area contributed by atoms with Crippen LogP contribution in [0.1, 0.15) is 16.7 Å². The maximum absolute atomic E-state index is 12.0. The molecule has 3 aromatic carbocycles. The smallest absolute Gasteiger partial charge is 0.329 e. The van der Waals surface area contributed by atoms with Crippen LogP contribution >= 0.6 is 39.1 Å². The average Bonchev–Trinajstić information content (AvgIpc) is 2.75. The van der Waals surface area contributed by atoms with Gasteiger partial charge in [0.15, 0.2) is 0 Å². The first-order valence-electron chi connectivity index (χ1n) is 9.39. The molecule has 2 amide bonds. The number of carbonyl (C=O) groups excluding carboxylic acids is 2. The summed E-state index contributed by atoms with van der Waals surface area (Å²) < 4.78 is 6.65. The summed E-state index contributed by atoms with van der Waals surface area (Å²) in [5.74, 6) is -1.21. The van der Waals surface area contributed by atoms with Crippen LogP contribution in [0.25, 0.3) is 0 Å². The Morgan fingerprint density at radius 1 is 1.03 bits per heavy atom. The van der Waals surface area contributed by atoms with Crippen molar-refractivity contribution in [1.29, 1.82) is 0 Å². The van der Waals surface area contributed by atoms with Crippen molar-refractivity contribution >= 4 is 62.8 Å². The maximum atomic E-state index is 12.0. The van der Waals surface area contributed by atoms with Gasteiger partial charge in [-0.1, -0.05) is 62.9 Å². The van der Waals surface area contributed by atoms with E-state index in [2.05, 4.69) is 31.8 Å². The largest absolute Gasteiger partial charge is 0.488 e. The number of nitrogens with zero attached hydrogens (tertiary/aromatic N) is 1. The van der Waals surface area contributed by atoms with Crippen LogP contribution in [-0.4, -0.2) is 18.0 Å². The van der Waals surface area contributed by atoms with Crippen LogP contribution in [0.3, 0.4) is 0 Å². The summed E-state index contributed by atoms with van der Waals surface area (Å²) in [5, 5.41) is 7.42. The minimum atomic E-state index is -0.896. The van der Waals surface area contributed by atoms with Crippen molar-refractivity contribution in [2.45, 2.75) is 13.5 Å². The second-order valence-corrected chi connectivity index (χ2v) is 8.49. The molecule has 9 heteroatoms. The van der Waals surface area contributed by atoms with Crippen molar-refractivity contribution in [3.8, 4) is 5.75 Å². The van der Waals surface area contributed by atoms with Crippen molar-refractivity contribution in [3.63, 3.8) is 0 Å². The normalized spacial score (nSPS) is 10.8. The van der Waals surface area contributed by atoms with Gasteiger partial charge in [0.1, 0.15) is 12.4 Å². The Balaban J connectivity index is 1.63. The van der Waals surface area contributed by atoms with E-state index in [1.165, 1.54) is 6.21 Å². The maximum Gasteiger partial charge on any atom is 0.329 e. The highest BCUT2D eigenvalue weighted by Crippen LogP contribution is 2.25. The predicted molar refractivity (Wildman–Crippen MR) is 130 cm³/mol. The lowest BCUT2D eigenvalue weighted by Gasteiger charge is -2.11. The molecule has 0 unspecified atom stereocenters. The molecule has 0 heterocycles. The summed E-state index contributed by atoms with van der Waals surface area (Å²) in [4.78, 5) is 24.1. The molecule has 32 heavy (non-hydrogen) atoms. The van der Waals surface area contributed by atoms with Crippen LogP contribution in [0, 0.1) is 6.92 Å². The Bertz CT molecular complexity index is 1170. The van der Waals surface area contributed by atoms with E-state index in [9.17, 15) is 9.59 Å². The Morgan fingerprint density at radius 2 is 1.78 bits per heavy atom. The zero-order valence-corrected chi connectivity index (χ0v) is 20.0. The SMILES string of the molecule is Cc1ccc(NC(=O)C(=O)N/N=C\c2cc(Br)ccc2OCc2ccc(Cl)cc2Cl)cc1. The molecule has 2 N–H and O–H groups in total. The molecule has 0 spiro atoms. The fourth-order valence-electron chi connectivity index (χ4n) is 2.58. The zero-order valence-electron chi connectivity index (χ0n) is 16.9. The van der Waals surface area contributed by atoms with E-state index >= 15 is 0 Å². The third kappa shape index (κ3) is 6.82. The van der Waals surface area contributed by atoms with Crippen LogP contribution in [-0.2, 0) is 16.2 Å². The molecular weight excluding hydrogens is 517 g/mol. The molecule has 6 nitrogen and oxygen atoms in total. The zero-order chi connectivity index (χ0) is 23.1. The number of amides is 2. The molecule has 0 saturated heterocycles. The molecule has 3 aromatic rings. The molecular formula is C23H18BrCl2N3O3. The molecule has 0 fully saturated rings. The van der Waals surface area contributed by atoms with E-state index in [0.29, 0.717) is 27.0 Å². The standard InChI is InChI=1S/C23H18BrCl2N3O3/c1-14-2-7-19(8-3-14)28-22(30)23(31)29-27-12-16-10-17(24)5-9-21(16)32-13-15-4-6-18(25)11-20(15)26/h2-12H,13H2,1H3,(H,28,30)(H,29,31)/b27-12-. The summed E-state index contributed by atoms with van der Waals surface area (Å²) in [6.07, 6.45) is 1.39. The summed E-state index contributed by atoms with van der Waals surface area (Å²) in [6.45, 7) is 2.14. The molecule has 0 aliphatic rings. The number of rotatable bonds is 6. The first-order chi connectivity index (χ1) is 15.3. The van der Waals surface area contributed by atoms with Gasteiger partial charge < -0.3 is 10.1 Å². The minimum Gasteiger partial charge on any atom is -0.488 e. The van der Waals surface area contributed by atoms with E-state index in [4.69, 9.17) is 27.9 Å². The molecule has 0 atom stereocenters. The lowest BCUT2D eigenvalue weighted by molar-refractivity contribution is -0.136. The van der Waals surface area contributed by atoms with Gasteiger partial charge in [-0.05, 0) is 49.4 Å². The Labute approximate surface area is 203 Å². The van der Waals surface area contributed by atoms with Gasteiger partial charge in [-0.3, -0.25) is 9.59 Å². The van der Waals surface area contributed by atoms with E-state index in [-0.39, 0.29) is 6.61 Å². The number of hydrazone groups is 1. The minimum absolute atomic E-state index is 0.212. The highest BCUT2D eigenvalue weighted by atomic mass is 79.9. The molecule has 0 aromatic heterocycles. The van der Waals surface area contributed by atoms with Gasteiger partial charge in [-0.25, -0.2) is 5.43 Å². The monoisotopic (exact) mass is 533 g/mol. The van der Waals surface area contributed by atoms with Gasteiger partial charge in [-0.2, -0.15) is 5.10 Å². The number of aryl methyl sites for hydroxylation is 1. The number of anilines is 1. The molecule has 3 rings (SSSR count). The van der Waals surface area contributed by atoms with Gasteiger partial charge in [-0.15, -0.1) is 0 Å². The van der Waals surface area contributed by atoms with Gasteiger partial charge in [0, 0.05) is 31.3 Å². The van der Waals surface area contributed by atoms with Crippen LogP contribution in [0.5, 0.6) is 5.75 Å². The summed E-state index contributed by atoms with van der Waals surface area (Å²) in [5.41, 5.74) is 5.12. The van der Waals surface area contributed by atoms with E-state index in [1.54, 1.807) is 42.5 Å². The Hall–Kier alpha value is -2.87. The fourth-order valence-corrected chi connectivity index (χ4v) is 3.42. The number of halogens is 3. The van der Waals surface area contributed by atoms with Crippen LogP contribution in [0.2, 0.25) is 10.0 Å². The summed E-state index contributed by atoms with van der Waals surface area (Å²) in [7, 11) is 0. The van der Waals surface area contributed by atoms with E-state index < -0.39 is 11.8 Å². The third-order valence-electron chi connectivity index (χ3n) is 4.26. The topological polar surface area (TPSA) is 79.8 Å². The Morgan fingerprint density at radius 3 is 2.50 bits per heavy atom. The van der Waals surface area contributed by atoms with E-state index in [0.717, 1.165) is 15.6 Å². The third-order valence-corrected chi connectivity index (χ3v) is 5.34. The van der Waals surface area contributed by atoms with Crippen LogP contribution in [0.15, 0.2) is 70.2 Å². The van der Waals surface area contributed by atoms with Gasteiger partial charge >= 0.3 is 11.8 Å². The molecule has 0 aliphatic heterocycles. The lowest BCUT2D eigenvalue weighted by Crippen LogP contribution is -2.32. The van der Waals surface area contributed by atoms with E-state index in [1.807, 2.05) is 25.1 Å². The molecule has 0 saturated carbocycles. The Kier molecular flexibility index (Phi) is 8.27. The predicted octanol–water partition coefficient (Wildman–Crippen LogP) is 5.73. The lowest BCUT2D eigenvalue weighted by atomic mass is 10.2. The van der Waals surface area contributed by atoms with Crippen molar-refractivity contribution < 1.29 is 14.3 Å². The number of nitrogens with one attached hydrogen (secondary N) is 2. The molecule has 0 aliphatic carbocycles. The van der Waals surface area contributed by atoms with Crippen molar-refractivity contribution in [3.05, 3.63) is 91.9 Å². The quantitative estimate of drug-likeness (QED) is 0.241. The second-order valence-electron chi connectivity index (χ2n) is 6.73. The number of ether oxygens (including phenoxy) is 1. The average molecular weight is 535 g/mol. The number of carbonyl (C=O) groups is 2. The number of benzene rings is 3. The summed E-state index contributed by atoms with van der Waals surface area (Å²) >= 11 is 15.5. The first kappa shape index (κ1) is 23.8. The number of hydrogen-bond acceptors (Lipinski definition) is 4. The van der Waals surface area contributed by atoms with Crippen molar-refractivity contribution in [2.24, 2.45) is 5.10 Å². The van der Waals surface area contributed by atoms with Gasteiger partial charge in [0.2, 0.25) is 0 Å². The molecule has 0 radical (unpaired) electrons. The highest BCUT2D eigenvalue weighted by molar-refractivity contribution is 9.10. The van der Waals surface area contributed by atoms with Gasteiger partial charge in [0.25, 0.3) is 0 Å². The van der Waals surface area contributed by atoms with Crippen molar-refractivity contribution in [1.82, 2.24) is 5.43 Å². The summed E-state index contributed by atoms with van der Waals surface area (Å²) in [6, 6.07) is 17.6.